The lowest BCUT2D eigenvalue weighted by molar-refractivity contribution is 0.197. The van der Waals surface area contributed by atoms with Crippen LogP contribution in [-0.4, -0.2) is 108 Å². The number of carbonyl (C=O) groups is 2. The third kappa shape index (κ3) is 7.26. The summed E-state index contributed by atoms with van der Waals surface area (Å²) in [5.41, 5.74) is 12.6. The number of hydrogen-bond donors (Lipinski definition) is 2. The number of benzene rings is 2. The van der Waals surface area contributed by atoms with Gasteiger partial charge in [-0.3, -0.25) is 9.59 Å². The molecule has 0 spiro atoms. The molecule has 14 nitrogen and oxygen atoms in total. The van der Waals surface area contributed by atoms with Gasteiger partial charge in [0.2, 0.25) is 0 Å². The molecule has 2 amide bonds. The molecule has 321 valence electrons. The summed E-state index contributed by atoms with van der Waals surface area (Å²) in [6, 6.07) is 17.5. The first-order chi connectivity index (χ1) is 30.6. The fourth-order valence-corrected chi connectivity index (χ4v) is 10.1. The summed E-state index contributed by atoms with van der Waals surface area (Å²) in [6.45, 7) is 11.3. The van der Waals surface area contributed by atoms with Crippen LogP contribution < -0.4 is 9.47 Å². The number of ether oxygens (including phenoxy) is 2. The molecule has 10 rings (SSSR count). The number of likely N-dealkylation sites (tertiary alicyclic amines) is 2. The van der Waals surface area contributed by atoms with Crippen molar-refractivity contribution in [2.24, 2.45) is 0 Å². The fourth-order valence-electron chi connectivity index (χ4n) is 10.1. The number of H-pyrrole nitrogens is 2. The van der Waals surface area contributed by atoms with E-state index in [1.54, 1.807) is 23.3 Å². The van der Waals surface area contributed by atoms with E-state index in [9.17, 15) is 9.59 Å². The van der Waals surface area contributed by atoms with E-state index >= 15 is 0 Å². The zero-order valence-corrected chi connectivity index (χ0v) is 36.7. The highest BCUT2D eigenvalue weighted by atomic mass is 16.5. The van der Waals surface area contributed by atoms with Crippen molar-refractivity contribution in [1.29, 1.82) is 0 Å². The number of pyridine rings is 2. The van der Waals surface area contributed by atoms with Gasteiger partial charge in [-0.2, -0.15) is 10.2 Å². The van der Waals surface area contributed by atoms with Gasteiger partial charge in [0.25, 0.3) is 0 Å². The topological polar surface area (TPSA) is 151 Å². The van der Waals surface area contributed by atoms with Gasteiger partial charge in [-0.05, 0) is 108 Å². The lowest BCUT2D eigenvalue weighted by Crippen LogP contribution is -2.47. The Morgan fingerprint density at radius 3 is 1.43 bits per heavy atom. The molecular formula is C48H52BN10O4. The quantitative estimate of drug-likeness (QED) is 0.129. The molecule has 8 aromatic rings. The Kier molecular flexibility index (Phi) is 10.4. The standard InChI is InChI=1S/C48H52BN10O4/c1-27(2)41-35-19-31(7-9-37(35)54-43(41)33-21-39(62-5)45-50-25-52-58(45)23-33)29-11-15-56(16-12-29)47(60)49-48(61)57-17-13-30(14-18-57)32-8-10-38-36(20-32)42(28(3)4)44(55-38)34-22-40(63-6)46-51-26-53-59(46)24-34/h7-10,19-30,54-55H,11-18H2,1-6H3. The average molecular weight is 844 g/mol. The van der Waals surface area contributed by atoms with E-state index in [4.69, 9.17) is 9.47 Å². The molecule has 2 aliphatic rings. The normalized spacial score (nSPS) is 15.5. The number of amides is 2. The van der Waals surface area contributed by atoms with Crippen LogP contribution in [0.2, 0.25) is 0 Å². The zero-order valence-electron chi connectivity index (χ0n) is 36.7. The zero-order chi connectivity index (χ0) is 43.5. The number of aromatic nitrogens is 8. The van der Waals surface area contributed by atoms with E-state index in [1.807, 2.05) is 34.3 Å². The van der Waals surface area contributed by atoms with E-state index in [0.717, 1.165) is 59.2 Å². The maximum absolute atomic E-state index is 13.5. The molecule has 8 heterocycles. The summed E-state index contributed by atoms with van der Waals surface area (Å²) in [7, 11) is 4.63. The fraction of sp³-hybridized carbons (Fsp3) is 0.375. The molecular weight excluding hydrogens is 791 g/mol. The first kappa shape index (κ1) is 40.4. The van der Waals surface area contributed by atoms with Crippen molar-refractivity contribution in [3.8, 4) is 34.0 Å². The monoisotopic (exact) mass is 843 g/mol. The molecule has 0 bridgehead atoms. The first-order valence-corrected chi connectivity index (χ1v) is 22.1. The lowest BCUT2D eigenvalue weighted by Gasteiger charge is -2.34. The van der Waals surface area contributed by atoms with E-state index < -0.39 is 0 Å². The summed E-state index contributed by atoms with van der Waals surface area (Å²) in [5, 5.41) is 11.2. The molecule has 63 heavy (non-hydrogen) atoms. The Morgan fingerprint density at radius 2 is 1.05 bits per heavy atom. The van der Waals surface area contributed by atoms with Crippen LogP contribution >= 0.6 is 0 Å². The van der Waals surface area contributed by atoms with Crippen LogP contribution in [0.15, 0.2) is 73.6 Å². The van der Waals surface area contributed by atoms with Crippen molar-refractivity contribution < 1.29 is 19.1 Å². The Labute approximate surface area is 366 Å². The van der Waals surface area contributed by atoms with Crippen LogP contribution in [0.25, 0.3) is 55.6 Å². The summed E-state index contributed by atoms with van der Waals surface area (Å²) < 4.78 is 14.8. The average Bonchev–Trinajstić information content (AvgIpc) is 4.12. The number of aromatic amines is 2. The highest BCUT2D eigenvalue weighted by Gasteiger charge is 2.31. The lowest BCUT2D eigenvalue weighted by atomic mass is 9.73. The number of hydrogen-bond acceptors (Lipinski definition) is 8. The van der Waals surface area contributed by atoms with Crippen LogP contribution in [0.5, 0.6) is 11.5 Å². The molecule has 2 aliphatic heterocycles. The predicted molar refractivity (Wildman–Crippen MR) is 245 cm³/mol. The molecule has 15 heteroatoms. The van der Waals surface area contributed by atoms with Gasteiger partial charge in [-0.1, -0.05) is 39.8 Å². The predicted octanol–water partition coefficient (Wildman–Crippen LogP) is 9.34. The van der Waals surface area contributed by atoms with E-state index in [1.165, 1.54) is 53.0 Å². The van der Waals surface area contributed by atoms with Crippen molar-refractivity contribution in [1.82, 2.24) is 49.0 Å². The van der Waals surface area contributed by atoms with Crippen molar-refractivity contribution in [3.63, 3.8) is 0 Å². The molecule has 1 radical (unpaired) electrons. The molecule has 0 atom stereocenters. The van der Waals surface area contributed by atoms with Crippen molar-refractivity contribution in [3.05, 3.63) is 95.8 Å². The third-order valence-corrected chi connectivity index (χ3v) is 13.4. The molecule has 2 N–H and O–H groups in total. The first-order valence-electron chi connectivity index (χ1n) is 22.1. The van der Waals surface area contributed by atoms with Gasteiger partial charge in [0, 0.05) is 71.5 Å². The largest absolute Gasteiger partial charge is 0.493 e. The number of piperidine rings is 2. The van der Waals surface area contributed by atoms with Gasteiger partial charge in [-0.15, -0.1) is 0 Å². The SMILES string of the molecule is COc1cc(-c2[nH]c3ccc(C4CCN(C(=O)[B]C(=O)N5CCC(c6ccc7[nH]c(-c8cc(OC)c9ncnn9c8)c(C(C)C)c7c6)CC5)CC4)cc3c2C(C)C)cn2ncnc12. The van der Waals surface area contributed by atoms with E-state index in [-0.39, 0.29) is 23.4 Å². The minimum Gasteiger partial charge on any atom is -0.493 e. The molecule has 6 aromatic heterocycles. The van der Waals surface area contributed by atoms with Crippen LogP contribution in [0, 0.1) is 0 Å². The van der Waals surface area contributed by atoms with Crippen molar-refractivity contribution in [2.75, 3.05) is 40.4 Å². The molecule has 2 saturated heterocycles. The van der Waals surface area contributed by atoms with Gasteiger partial charge in [0.15, 0.2) is 34.4 Å². The van der Waals surface area contributed by atoms with Crippen LogP contribution in [0.1, 0.15) is 99.3 Å². The summed E-state index contributed by atoms with van der Waals surface area (Å²) in [6.07, 6.45) is 10.4. The summed E-state index contributed by atoms with van der Waals surface area (Å²) >= 11 is 0. The van der Waals surface area contributed by atoms with Crippen LogP contribution in [-0.2, 0) is 0 Å². The Bertz CT molecular complexity index is 2820. The second kappa shape index (κ2) is 16.2. The molecule has 2 aromatic carbocycles. The molecule has 0 unspecified atom stereocenters. The number of nitrogens with zero attached hydrogens (tertiary/aromatic N) is 8. The van der Waals surface area contributed by atoms with Gasteiger partial charge in [0.1, 0.15) is 12.7 Å². The summed E-state index contributed by atoms with van der Waals surface area (Å²) in [5.74, 6) is 2.12. The van der Waals surface area contributed by atoms with Gasteiger partial charge in [0.05, 0.1) is 25.6 Å². The number of fused-ring (bicyclic) bond motifs is 4. The van der Waals surface area contributed by atoms with Gasteiger partial charge >= 0.3 is 7.28 Å². The Balaban J connectivity index is 0.771. The van der Waals surface area contributed by atoms with Crippen molar-refractivity contribution >= 4 is 52.0 Å². The minimum atomic E-state index is -0.191. The molecule has 0 aliphatic carbocycles. The maximum atomic E-state index is 13.5. The minimum absolute atomic E-state index is 0.191. The summed E-state index contributed by atoms with van der Waals surface area (Å²) in [4.78, 5) is 46.8. The van der Waals surface area contributed by atoms with Gasteiger partial charge < -0.3 is 29.2 Å². The van der Waals surface area contributed by atoms with E-state index in [0.29, 0.717) is 60.8 Å². The highest BCUT2D eigenvalue weighted by molar-refractivity contribution is 6.96. The molecule has 2 fully saturated rings. The highest BCUT2D eigenvalue weighted by Crippen LogP contribution is 2.41. The Morgan fingerprint density at radius 1 is 0.635 bits per heavy atom. The smallest absolute Gasteiger partial charge is 0.350 e. The number of nitrogens with one attached hydrogen (secondary N) is 2. The second-order valence-electron chi connectivity index (χ2n) is 17.7. The number of methoxy groups -OCH3 is 2. The second-order valence-corrected chi connectivity index (χ2v) is 17.7. The Hall–Kier alpha value is -6.64. The van der Waals surface area contributed by atoms with Gasteiger partial charge in [-0.25, -0.2) is 19.0 Å². The third-order valence-electron chi connectivity index (χ3n) is 13.4. The van der Waals surface area contributed by atoms with E-state index in [2.05, 4.69) is 94.2 Å². The number of carbonyl (C=O) groups excluding carboxylic acids is 2. The molecule has 0 saturated carbocycles. The van der Waals surface area contributed by atoms with Crippen LogP contribution in [0.3, 0.4) is 0 Å². The number of rotatable bonds is 10. The van der Waals surface area contributed by atoms with Crippen LogP contribution in [0.4, 0.5) is 9.59 Å². The maximum Gasteiger partial charge on any atom is 0.350 e. The van der Waals surface area contributed by atoms with Crippen molar-refractivity contribution in [2.45, 2.75) is 77.0 Å².